The van der Waals surface area contributed by atoms with E-state index in [0.29, 0.717) is 13.0 Å². The molecule has 0 atom stereocenters. The molecule has 132 valence electrons. The normalized spacial score (nSPS) is 14.5. The SMILES string of the molecule is Cc1nn(C)c2sc(C(=O)NCCc3nnc4n3CCCCC4)cc12. The third-order valence-corrected chi connectivity index (χ3v) is 5.94. The van der Waals surface area contributed by atoms with Crippen LogP contribution in [0.3, 0.4) is 0 Å². The maximum absolute atomic E-state index is 12.4. The number of carbonyl (C=O) groups excluding carboxylic acids is 1. The van der Waals surface area contributed by atoms with Gasteiger partial charge in [0.2, 0.25) is 0 Å². The van der Waals surface area contributed by atoms with Crippen LogP contribution in [0.1, 0.15) is 46.3 Å². The van der Waals surface area contributed by atoms with Crippen molar-refractivity contribution in [2.24, 2.45) is 7.05 Å². The fourth-order valence-electron chi connectivity index (χ4n) is 3.42. The van der Waals surface area contributed by atoms with E-state index in [2.05, 4.69) is 25.2 Å². The number of aryl methyl sites for hydroxylation is 3. The minimum absolute atomic E-state index is 0.0313. The molecule has 1 aliphatic heterocycles. The third-order valence-electron chi connectivity index (χ3n) is 4.74. The van der Waals surface area contributed by atoms with Crippen LogP contribution in [0.4, 0.5) is 0 Å². The van der Waals surface area contributed by atoms with Gasteiger partial charge in [0.15, 0.2) is 0 Å². The standard InChI is InChI=1S/C17H22N6OS/c1-11-12-10-13(25-17(12)22(2)21-11)16(24)18-8-7-15-20-19-14-6-4-3-5-9-23(14)15/h10H,3-9H2,1-2H3,(H,18,24). The number of carbonyl (C=O) groups is 1. The molecule has 0 aliphatic carbocycles. The molecule has 3 aromatic heterocycles. The van der Waals surface area contributed by atoms with Crippen molar-refractivity contribution < 1.29 is 4.79 Å². The lowest BCUT2D eigenvalue weighted by Crippen LogP contribution is -2.25. The van der Waals surface area contributed by atoms with Crippen LogP contribution in [0.5, 0.6) is 0 Å². The second-order valence-corrected chi connectivity index (χ2v) is 7.57. The third kappa shape index (κ3) is 3.06. The summed E-state index contributed by atoms with van der Waals surface area (Å²) in [4.78, 5) is 14.2. The van der Waals surface area contributed by atoms with Crippen molar-refractivity contribution in [1.29, 1.82) is 0 Å². The van der Waals surface area contributed by atoms with E-state index in [4.69, 9.17) is 0 Å². The zero-order chi connectivity index (χ0) is 17.4. The van der Waals surface area contributed by atoms with Crippen molar-refractivity contribution >= 4 is 27.5 Å². The molecule has 0 spiro atoms. The number of amides is 1. The van der Waals surface area contributed by atoms with Gasteiger partial charge in [-0.15, -0.1) is 21.5 Å². The van der Waals surface area contributed by atoms with Crippen LogP contribution in [0, 0.1) is 6.92 Å². The van der Waals surface area contributed by atoms with Crippen LogP contribution in [0.2, 0.25) is 0 Å². The molecule has 0 unspecified atom stereocenters. The van der Waals surface area contributed by atoms with Crippen molar-refractivity contribution in [3.63, 3.8) is 0 Å². The van der Waals surface area contributed by atoms with E-state index in [-0.39, 0.29) is 5.91 Å². The predicted molar refractivity (Wildman–Crippen MR) is 96.9 cm³/mol. The van der Waals surface area contributed by atoms with E-state index in [1.165, 1.54) is 30.6 Å². The van der Waals surface area contributed by atoms with E-state index in [0.717, 1.165) is 45.4 Å². The van der Waals surface area contributed by atoms with Gasteiger partial charge in [0.05, 0.1) is 10.6 Å². The smallest absolute Gasteiger partial charge is 0.261 e. The first-order chi connectivity index (χ1) is 12.1. The summed E-state index contributed by atoms with van der Waals surface area (Å²) in [6, 6.07) is 1.93. The van der Waals surface area contributed by atoms with Gasteiger partial charge in [0.25, 0.3) is 5.91 Å². The summed E-state index contributed by atoms with van der Waals surface area (Å²) in [6.45, 7) is 3.53. The summed E-state index contributed by atoms with van der Waals surface area (Å²) in [5.41, 5.74) is 0.957. The summed E-state index contributed by atoms with van der Waals surface area (Å²) in [6.07, 6.45) is 5.34. The fourth-order valence-corrected chi connectivity index (χ4v) is 4.46. The first-order valence-corrected chi connectivity index (χ1v) is 9.57. The lowest BCUT2D eigenvalue weighted by Gasteiger charge is -2.07. The van der Waals surface area contributed by atoms with Gasteiger partial charge >= 0.3 is 0 Å². The molecule has 0 saturated heterocycles. The van der Waals surface area contributed by atoms with Gasteiger partial charge in [-0.3, -0.25) is 9.48 Å². The first-order valence-electron chi connectivity index (χ1n) is 8.76. The number of nitrogens with zero attached hydrogens (tertiary/aromatic N) is 5. The van der Waals surface area contributed by atoms with Crippen molar-refractivity contribution in [1.82, 2.24) is 29.9 Å². The first kappa shape index (κ1) is 16.3. The summed E-state index contributed by atoms with van der Waals surface area (Å²) in [5.74, 6) is 2.04. The number of aromatic nitrogens is 5. The van der Waals surface area contributed by atoms with Crippen LogP contribution >= 0.6 is 11.3 Å². The largest absolute Gasteiger partial charge is 0.351 e. The lowest BCUT2D eigenvalue weighted by atomic mass is 10.2. The summed E-state index contributed by atoms with van der Waals surface area (Å²) >= 11 is 1.48. The van der Waals surface area contributed by atoms with Gasteiger partial charge in [0.1, 0.15) is 16.5 Å². The summed E-state index contributed by atoms with van der Waals surface area (Å²) in [5, 5.41) is 17.1. The molecule has 1 N–H and O–H groups in total. The Hall–Kier alpha value is -2.22. The number of hydrogen-bond donors (Lipinski definition) is 1. The highest BCUT2D eigenvalue weighted by molar-refractivity contribution is 7.20. The maximum atomic E-state index is 12.4. The van der Waals surface area contributed by atoms with Gasteiger partial charge in [-0.1, -0.05) is 6.42 Å². The Bertz CT molecular complexity index is 887. The van der Waals surface area contributed by atoms with Crippen LogP contribution in [-0.4, -0.2) is 37.0 Å². The molecule has 4 heterocycles. The molecule has 0 aromatic carbocycles. The highest BCUT2D eigenvalue weighted by Crippen LogP contribution is 2.27. The highest BCUT2D eigenvalue weighted by Gasteiger charge is 2.17. The molecule has 1 aliphatic rings. The Kier molecular flexibility index (Phi) is 4.29. The summed E-state index contributed by atoms with van der Waals surface area (Å²) < 4.78 is 4.06. The van der Waals surface area contributed by atoms with Crippen LogP contribution in [0.15, 0.2) is 6.07 Å². The Morgan fingerprint density at radius 2 is 2.20 bits per heavy atom. The number of thiophene rings is 1. The molecule has 0 bridgehead atoms. The van der Waals surface area contributed by atoms with E-state index in [9.17, 15) is 4.79 Å². The fraction of sp³-hybridized carbons (Fsp3) is 0.529. The molecule has 8 heteroatoms. The van der Waals surface area contributed by atoms with Gasteiger partial charge in [-0.25, -0.2) is 0 Å². The van der Waals surface area contributed by atoms with E-state index in [1.54, 1.807) is 0 Å². The summed E-state index contributed by atoms with van der Waals surface area (Å²) in [7, 11) is 1.91. The Labute approximate surface area is 150 Å². The Morgan fingerprint density at radius 1 is 1.32 bits per heavy atom. The second-order valence-electron chi connectivity index (χ2n) is 6.54. The average Bonchev–Trinajstić information content (AvgIpc) is 3.20. The topological polar surface area (TPSA) is 77.6 Å². The lowest BCUT2D eigenvalue weighted by molar-refractivity contribution is 0.0958. The molecule has 0 fully saturated rings. The molecule has 1 amide bonds. The van der Waals surface area contributed by atoms with Gasteiger partial charge in [0, 0.05) is 38.4 Å². The molecule has 0 saturated carbocycles. The number of rotatable bonds is 4. The van der Waals surface area contributed by atoms with E-state index in [1.807, 2.05) is 24.7 Å². The molecule has 4 rings (SSSR count). The van der Waals surface area contributed by atoms with Crippen LogP contribution in [0.25, 0.3) is 10.2 Å². The highest BCUT2D eigenvalue weighted by atomic mass is 32.1. The van der Waals surface area contributed by atoms with Gasteiger partial charge in [-0.2, -0.15) is 5.10 Å². The number of fused-ring (bicyclic) bond motifs is 2. The Morgan fingerprint density at radius 3 is 3.04 bits per heavy atom. The molecule has 0 radical (unpaired) electrons. The average molecular weight is 358 g/mol. The van der Waals surface area contributed by atoms with Gasteiger partial charge < -0.3 is 9.88 Å². The zero-order valence-corrected chi connectivity index (χ0v) is 15.4. The zero-order valence-electron chi connectivity index (χ0n) is 14.6. The van der Waals surface area contributed by atoms with Crippen molar-refractivity contribution in [3.8, 4) is 0 Å². The van der Waals surface area contributed by atoms with Gasteiger partial charge in [-0.05, 0) is 25.8 Å². The van der Waals surface area contributed by atoms with E-state index >= 15 is 0 Å². The predicted octanol–water partition coefficient (Wildman–Crippen LogP) is 2.23. The van der Waals surface area contributed by atoms with Crippen molar-refractivity contribution in [2.45, 2.75) is 45.6 Å². The molecule has 25 heavy (non-hydrogen) atoms. The quantitative estimate of drug-likeness (QED) is 0.776. The molecular weight excluding hydrogens is 336 g/mol. The van der Waals surface area contributed by atoms with Crippen molar-refractivity contribution in [2.75, 3.05) is 6.54 Å². The number of hydrogen-bond acceptors (Lipinski definition) is 5. The molecule has 3 aromatic rings. The minimum Gasteiger partial charge on any atom is -0.351 e. The molecular formula is C17H22N6OS. The monoisotopic (exact) mass is 358 g/mol. The second kappa shape index (κ2) is 6.59. The minimum atomic E-state index is -0.0313. The number of nitrogens with one attached hydrogen (secondary N) is 1. The molecule has 7 nitrogen and oxygen atoms in total. The van der Waals surface area contributed by atoms with Crippen molar-refractivity contribution in [3.05, 3.63) is 28.3 Å². The van der Waals surface area contributed by atoms with Crippen LogP contribution < -0.4 is 5.32 Å². The maximum Gasteiger partial charge on any atom is 0.261 e. The van der Waals surface area contributed by atoms with Crippen LogP contribution in [-0.2, 0) is 26.4 Å². The van der Waals surface area contributed by atoms with E-state index < -0.39 is 0 Å². The Balaban J connectivity index is 1.40.